The molecule has 0 aromatic rings. The molecule has 0 rings (SSSR count). The predicted molar refractivity (Wildman–Crippen MR) is 39.9 cm³/mol. The van der Waals surface area contributed by atoms with Crippen LogP contribution < -0.4 is 0 Å². The van der Waals surface area contributed by atoms with Crippen LogP contribution in [0.15, 0.2) is 10.3 Å². The van der Waals surface area contributed by atoms with Gasteiger partial charge in [0.2, 0.25) is 0 Å². The van der Waals surface area contributed by atoms with Crippen molar-refractivity contribution in [2.45, 2.75) is 6.92 Å². The molecule has 0 bridgehead atoms. The van der Waals surface area contributed by atoms with Crippen LogP contribution in [0.3, 0.4) is 0 Å². The topological polar surface area (TPSA) is 43.2 Å². The first-order chi connectivity index (χ1) is 4.81. The summed E-state index contributed by atoms with van der Waals surface area (Å²) in [6.45, 7) is 5.87. The minimum Gasteiger partial charge on any atom is -0.399 e. The predicted octanol–water partition coefficient (Wildman–Crippen LogP) is 0.845. The number of nitrogens with zero attached hydrogens (tertiary/aromatic N) is 2. The molecule has 0 aliphatic rings. The van der Waals surface area contributed by atoms with Gasteiger partial charge in [0.25, 0.3) is 0 Å². The third-order valence-corrected chi connectivity index (χ3v) is 0.614. The Kier molecular flexibility index (Phi) is 5.42. The Balaban J connectivity index is 3.55. The van der Waals surface area contributed by atoms with Crippen molar-refractivity contribution in [1.82, 2.24) is 0 Å². The first-order valence-electron chi connectivity index (χ1n) is 2.89. The lowest BCUT2D eigenvalue weighted by Gasteiger charge is -1.90. The SMILES string of the molecule is [CH2]C(C=NOCC)=NOC. The van der Waals surface area contributed by atoms with Crippen LogP contribution in [0.25, 0.3) is 0 Å². The minimum atomic E-state index is 0.427. The molecule has 0 saturated carbocycles. The van der Waals surface area contributed by atoms with Crippen LogP contribution in [-0.2, 0) is 9.68 Å². The number of oxime groups is 2. The highest BCUT2D eigenvalue weighted by molar-refractivity contribution is 6.32. The molecular formula is C6H11N2O2. The molecule has 0 N–H and O–H groups in total. The van der Waals surface area contributed by atoms with E-state index in [0.717, 1.165) is 0 Å². The van der Waals surface area contributed by atoms with Crippen molar-refractivity contribution in [3.05, 3.63) is 6.92 Å². The van der Waals surface area contributed by atoms with Gasteiger partial charge in [-0.2, -0.15) is 0 Å². The zero-order chi connectivity index (χ0) is 7.82. The Labute approximate surface area is 60.5 Å². The molecule has 4 heteroatoms. The highest BCUT2D eigenvalue weighted by Gasteiger charge is 1.82. The first kappa shape index (κ1) is 8.94. The molecule has 0 saturated heterocycles. The molecule has 0 unspecified atom stereocenters. The average Bonchev–Trinajstić information content (AvgIpc) is 1.89. The summed E-state index contributed by atoms with van der Waals surface area (Å²) in [5, 5.41) is 6.98. The fraction of sp³-hybridized carbons (Fsp3) is 0.500. The molecule has 0 aliphatic heterocycles. The van der Waals surface area contributed by atoms with E-state index in [1.807, 2.05) is 6.92 Å². The van der Waals surface area contributed by atoms with Crippen molar-refractivity contribution in [1.29, 1.82) is 0 Å². The van der Waals surface area contributed by atoms with Crippen LogP contribution in [0.4, 0.5) is 0 Å². The third-order valence-electron chi connectivity index (χ3n) is 0.614. The normalized spacial score (nSPS) is 12.1. The van der Waals surface area contributed by atoms with Crippen molar-refractivity contribution in [2.75, 3.05) is 13.7 Å². The largest absolute Gasteiger partial charge is 0.399 e. The van der Waals surface area contributed by atoms with Gasteiger partial charge in [-0.05, 0) is 6.92 Å². The molecule has 57 valence electrons. The minimum absolute atomic E-state index is 0.427. The fourth-order valence-corrected chi connectivity index (χ4v) is 0.313. The summed E-state index contributed by atoms with van der Waals surface area (Å²) in [5.41, 5.74) is 0.427. The Morgan fingerprint density at radius 2 is 2.40 bits per heavy atom. The van der Waals surface area contributed by atoms with E-state index in [1.54, 1.807) is 0 Å². The van der Waals surface area contributed by atoms with E-state index in [4.69, 9.17) is 0 Å². The van der Waals surface area contributed by atoms with E-state index < -0.39 is 0 Å². The molecule has 0 amide bonds. The summed E-state index contributed by atoms with van der Waals surface area (Å²) < 4.78 is 0. The lowest BCUT2D eigenvalue weighted by molar-refractivity contribution is 0.160. The van der Waals surface area contributed by atoms with E-state index in [1.165, 1.54) is 13.3 Å². The monoisotopic (exact) mass is 143 g/mol. The molecule has 0 aromatic heterocycles. The lowest BCUT2D eigenvalue weighted by atomic mass is 10.5. The van der Waals surface area contributed by atoms with Gasteiger partial charge in [-0.1, -0.05) is 10.3 Å². The van der Waals surface area contributed by atoms with E-state index >= 15 is 0 Å². The molecule has 4 nitrogen and oxygen atoms in total. The maximum Gasteiger partial charge on any atom is 0.114 e. The van der Waals surface area contributed by atoms with Gasteiger partial charge in [-0.25, -0.2) is 0 Å². The number of rotatable bonds is 4. The highest BCUT2D eigenvalue weighted by atomic mass is 16.6. The smallest absolute Gasteiger partial charge is 0.114 e. The van der Waals surface area contributed by atoms with Crippen molar-refractivity contribution >= 4 is 11.9 Å². The standard InChI is InChI=1S/C6H11N2O2/c1-4-10-7-5-6(2)8-9-3/h5H,2,4H2,1,3H3. The number of hydrogen-bond donors (Lipinski definition) is 0. The van der Waals surface area contributed by atoms with Crippen LogP contribution >= 0.6 is 0 Å². The fourth-order valence-electron chi connectivity index (χ4n) is 0.313. The van der Waals surface area contributed by atoms with Gasteiger partial charge < -0.3 is 9.68 Å². The molecule has 10 heavy (non-hydrogen) atoms. The van der Waals surface area contributed by atoms with Crippen LogP contribution in [-0.4, -0.2) is 25.6 Å². The molecule has 0 spiro atoms. The summed E-state index contributed by atoms with van der Waals surface area (Å²) >= 11 is 0. The molecule has 0 atom stereocenters. The summed E-state index contributed by atoms with van der Waals surface area (Å²) in [6, 6.07) is 0. The maximum atomic E-state index is 4.64. The van der Waals surface area contributed by atoms with Crippen molar-refractivity contribution < 1.29 is 9.68 Å². The number of hydrogen-bond acceptors (Lipinski definition) is 4. The summed E-state index contributed by atoms with van der Waals surface area (Å²) in [4.78, 5) is 9.06. The second kappa shape index (κ2) is 6.07. The summed E-state index contributed by atoms with van der Waals surface area (Å²) in [7, 11) is 1.44. The van der Waals surface area contributed by atoms with Crippen LogP contribution in [0.5, 0.6) is 0 Å². The molecule has 0 heterocycles. The van der Waals surface area contributed by atoms with Gasteiger partial charge in [0.05, 0.1) is 6.21 Å². The zero-order valence-corrected chi connectivity index (χ0v) is 6.20. The van der Waals surface area contributed by atoms with E-state index in [9.17, 15) is 0 Å². The highest BCUT2D eigenvalue weighted by Crippen LogP contribution is 1.76. The zero-order valence-electron chi connectivity index (χ0n) is 6.20. The Morgan fingerprint density at radius 1 is 1.70 bits per heavy atom. The van der Waals surface area contributed by atoms with Gasteiger partial charge >= 0.3 is 0 Å². The third kappa shape index (κ3) is 5.08. The van der Waals surface area contributed by atoms with E-state index in [2.05, 4.69) is 26.9 Å². The Bertz CT molecular complexity index is 132. The van der Waals surface area contributed by atoms with Crippen molar-refractivity contribution in [2.24, 2.45) is 10.3 Å². The molecular weight excluding hydrogens is 132 g/mol. The van der Waals surface area contributed by atoms with Crippen LogP contribution in [0.1, 0.15) is 6.92 Å². The van der Waals surface area contributed by atoms with Gasteiger partial charge in [0, 0.05) is 6.92 Å². The van der Waals surface area contributed by atoms with E-state index in [-0.39, 0.29) is 0 Å². The summed E-state index contributed by atoms with van der Waals surface area (Å²) in [5.74, 6) is 0. The average molecular weight is 143 g/mol. The van der Waals surface area contributed by atoms with E-state index in [0.29, 0.717) is 12.3 Å². The quantitative estimate of drug-likeness (QED) is 0.432. The van der Waals surface area contributed by atoms with Gasteiger partial charge in [0.1, 0.15) is 19.4 Å². The molecule has 0 aromatic carbocycles. The second-order valence-corrected chi connectivity index (χ2v) is 1.42. The summed E-state index contributed by atoms with van der Waals surface area (Å²) in [6.07, 6.45) is 1.38. The van der Waals surface area contributed by atoms with Gasteiger partial charge in [-0.3, -0.25) is 0 Å². The molecule has 0 aliphatic carbocycles. The maximum absolute atomic E-state index is 4.64. The Hall–Kier alpha value is -1.06. The Morgan fingerprint density at radius 3 is 2.90 bits per heavy atom. The first-order valence-corrected chi connectivity index (χ1v) is 2.89. The van der Waals surface area contributed by atoms with Crippen molar-refractivity contribution in [3.63, 3.8) is 0 Å². The van der Waals surface area contributed by atoms with Gasteiger partial charge in [0.15, 0.2) is 0 Å². The molecule has 0 fully saturated rings. The van der Waals surface area contributed by atoms with Gasteiger partial charge in [-0.15, -0.1) is 0 Å². The second-order valence-electron chi connectivity index (χ2n) is 1.42. The van der Waals surface area contributed by atoms with Crippen LogP contribution in [0, 0.1) is 6.92 Å². The molecule has 1 radical (unpaired) electrons. The lowest BCUT2D eigenvalue weighted by Crippen LogP contribution is -1.94. The van der Waals surface area contributed by atoms with Crippen molar-refractivity contribution in [3.8, 4) is 0 Å². The van der Waals surface area contributed by atoms with Crippen LogP contribution in [0.2, 0.25) is 0 Å².